The zero-order valence-corrected chi connectivity index (χ0v) is 13.5. The molecule has 1 saturated carbocycles. The second kappa shape index (κ2) is 7.17. The zero-order valence-electron chi connectivity index (χ0n) is 13.5. The first kappa shape index (κ1) is 16.2. The van der Waals surface area contributed by atoms with Gasteiger partial charge < -0.3 is 14.6 Å². The maximum absolute atomic E-state index is 10.9. The van der Waals surface area contributed by atoms with E-state index in [0.29, 0.717) is 13.2 Å². The molecule has 0 amide bonds. The third-order valence-corrected chi connectivity index (χ3v) is 4.77. The Labute approximate surface area is 128 Å². The lowest BCUT2D eigenvalue weighted by Crippen LogP contribution is -2.25. The van der Waals surface area contributed by atoms with E-state index in [1.54, 1.807) is 0 Å². The second-order valence-electron chi connectivity index (χ2n) is 5.90. The third kappa shape index (κ3) is 3.34. The summed E-state index contributed by atoms with van der Waals surface area (Å²) in [5.41, 5.74) is 0.988. The van der Waals surface area contributed by atoms with Crippen LogP contribution in [0.4, 0.5) is 0 Å². The van der Waals surface area contributed by atoms with E-state index in [4.69, 9.17) is 9.47 Å². The molecular weight excluding hydrogens is 264 g/mol. The number of ether oxygens (including phenoxy) is 2. The highest BCUT2D eigenvalue weighted by Gasteiger charge is 2.39. The molecule has 1 unspecified atom stereocenters. The van der Waals surface area contributed by atoms with E-state index in [9.17, 15) is 5.11 Å². The van der Waals surface area contributed by atoms with Crippen molar-refractivity contribution in [1.29, 1.82) is 0 Å². The number of rotatable bonds is 7. The quantitative estimate of drug-likeness (QED) is 0.805. The van der Waals surface area contributed by atoms with Gasteiger partial charge >= 0.3 is 0 Å². The first-order valence-corrected chi connectivity index (χ1v) is 8.24. The van der Waals surface area contributed by atoms with Crippen LogP contribution in [0.25, 0.3) is 0 Å². The summed E-state index contributed by atoms with van der Waals surface area (Å²) in [6.07, 6.45) is 5.27. The van der Waals surface area contributed by atoms with Gasteiger partial charge in [0, 0.05) is 5.41 Å². The number of aliphatic hydroxyl groups excluding tert-OH is 1. The van der Waals surface area contributed by atoms with Crippen LogP contribution in [0, 0.1) is 5.41 Å². The maximum Gasteiger partial charge on any atom is 0.161 e. The number of benzene rings is 1. The zero-order chi connectivity index (χ0) is 15.3. The summed E-state index contributed by atoms with van der Waals surface area (Å²) in [7, 11) is 0. The van der Waals surface area contributed by atoms with Gasteiger partial charge in [-0.05, 0) is 50.8 Å². The smallest absolute Gasteiger partial charge is 0.161 e. The van der Waals surface area contributed by atoms with Gasteiger partial charge in [-0.2, -0.15) is 0 Å². The third-order valence-electron chi connectivity index (χ3n) is 4.77. The Morgan fingerprint density at radius 3 is 2.24 bits per heavy atom. The minimum absolute atomic E-state index is 0.0383. The van der Waals surface area contributed by atoms with E-state index in [1.165, 1.54) is 12.8 Å². The molecule has 1 N–H and O–H groups in total. The van der Waals surface area contributed by atoms with E-state index in [-0.39, 0.29) is 5.41 Å². The van der Waals surface area contributed by atoms with Gasteiger partial charge in [-0.1, -0.05) is 25.8 Å². The molecule has 1 aromatic rings. The molecule has 1 aliphatic carbocycles. The van der Waals surface area contributed by atoms with E-state index in [1.807, 2.05) is 32.0 Å². The summed E-state index contributed by atoms with van der Waals surface area (Å²) in [5.74, 6) is 1.49. The molecule has 1 fully saturated rings. The summed E-state index contributed by atoms with van der Waals surface area (Å²) in [4.78, 5) is 0. The lowest BCUT2D eigenvalue weighted by atomic mass is 9.75. The summed E-state index contributed by atoms with van der Waals surface area (Å²) in [6, 6.07) is 5.86. The molecule has 0 bridgehead atoms. The van der Waals surface area contributed by atoms with Crippen molar-refractivity contribution in [2.24, 2.45) is 5.41 Å². The molecule has 3 nitrogen and oxygen atoms in total. The SMILES string of the molecule is CCOc1ccc(C(O)C2(CC)CCCC2)cc1OCC. The summed E-state index contributed by atoms with van der Waals surface area (Å²) < 4.78 is 11.3. The fraction of sp³-hybridized carbons (Fsp3) is 0.667. The predicted molar refractivity (Wildman–Crippen MR) is 84.9 cm³/mol. The van der Waals surface area contributed by atoms with Crippen LogP contribution in [0.2, 0.25) is 0 Å². The highest BCUT2D eigenvalue weighted by Crippen LogP contribution is 2.50. The van der Waals surface area contributed by atoms with Crippen LogP contribution >= 0.6 is 0 Å². The van der Waals surface area contributed by atoms with Crippen LogP contribution in [-0.2, 0) is 0 Å². The number of hydrogen-bond acceptors (Lipinski definition) is 3. The fourth-order valence-corrected chi connectivity index (χ4v) is 3.49. The fourth-order valence-electron chi connectivity index (χ4n) is 3.49. The molecule has 1 aromatic carbocycles. The number of hydrogen-bond donors (Lipinski definition) is 1. The summed E-state index contributed by atoms with van der Waals surface area (Å²) in [5, 5.41) is 10.9. The lowest BCUT2D eigenvalue weighted by molar-refractivity contribution is 0.0235. The Morgan fingerprint density at radius 2 is 1.67 bits per heavy atom. The van der Waals surface area contributed by atoms with E-state index < -0.39 is 6.10 Å². The van der Waals surface area contributed by atoms with E-state index in [2.05, 4.69) is 6.92 Å². The largest absolute Gasteiger partial charge is 0.490 e. The van der Waals surface area contributed by atoms with Crippen molar-refractivity contribution < 1.29 is 14.6 Å². The molecule has 118 valence electrons. The maximum atomic E-state index is 10.9. The molecule has 0 aromatic heterocycles. The summed E-state index contributed by atoms with van der Waals surface area (Å²) >= 11 is 0. The van der Waals surface area contributed by atoms with Gasteiger partial charge in [0.1, 0.15) is 0 Å². The first-order valence-electron chi connectivity index (χ1n) is 8.24. The molecule has 0 spiro atoms. The van der Waals surface area contributed by atoms with Gasteiger partial charge in [0.25, 0.3) is 0 Å². The molecule has 21 heavy (non-hydrogen) atoms. The Balaban J connectivity index is 2.28. The Kier molecular flexibility index (Phi) is 5.51. The highest BCUT2D eigenvalue weighted by molar-refractivity contribution is 5.44. The highest BCUT2D eigenvalue weighted by atomic mass is 16.5. The van der Waals surface area contributed by atoms with Gasteiger partial charge in [-0.15, -0.1) is 0 Å². The minimum Gasteiger partial charge on any atom is -0.490 e. The van der Waals surface area contributed by atoms with Crippen LogP contribution in [0.5, 0.6) is 11.5 Å². The molecule has 0 saturated heterocycles. The van der Waals surface area contributed by atoms with Gasteiger partial charge in [-0.3, -0.25) is 0 Å². The second-order valence-corrected chi connectivity index (χ2v) is 5.90. The minimum atomic E-state index is -0.417. The van der Waals surface area contributed by atoms with Gasteiger partial charge in [0.2, 0.25) is 0 Å². The Morgan fingerprint density at radius 1 is 1.05 bits per heavy atom. The molecule has 3 heteroatoms. The normalized spacial score (nSPS) is 18.5. The number of aliphatic hydroxyl groups is 1. The molecule has 0 aliphatic heterocycles. The molecule has 1 aliphatic rings. The van der Waals surface area contributed by atoms with Gasteiger partial charge in [0.15, 0.2) is 11.5 Å². The molecule has 0 radical (unpaired) electrons. The van der Waals surface area contributed by atoms with E-state index >= 15 is 0 Å². The van der Waals surface area contributed by atoms with Crippen LogP contribution < -0.4 is 9.47 Å². The topological polar surface area (TPSA) is 38.7 Å². The average Bonchev–Trinajstić information content (AvgIpc) is 2.99. The monoisotopic (exact) mass is 292 g/mol. The summed E-state index contributed by atoms with van der Waals surface area (Å²) in [6.45, 7) is 7.32. The average molecular weight is 292 g/mol. The van der Waals surface area contributed by atoms with Crippen molar-refractivity contribution in [3.8, 4) is 11.5 Å². The van der Waals surface area contributed by atoms with Crippen molar-refractivity contribution in [1.82, 2.24) is 0 Å². The Hall–Kier alpha value is -1.22. The standard InChI is InChI=1S/C18H28O3/c1-4-18(11-7-8-12-18)17(19)14-9-10-15(20-5-2)16(13-14)21-6-3/h9-10,13,17,19H,4-8,11-12H2,1-3H3. The van der Waals surface area contributed by atoms with Crippen molar-refractivity contribution >= 4 is 0 Å². The van der Waals surface area contributed by atoms with Gasteiger partial charge in [0.05, 0.1) is 19.3 Å². The predicted octanol–water partition coefficient (Wildman–Crippen LogP) is 4.49. The molecule has 2 rings (SSSR count). The van der Waals surface area contributed by atoms with Gasteiger partial charge in [-0.25, -0.2) is 0 Å². The molecule has 0 heterocycles. The Bertz CT molecular complexity index is 450. The molecule has 1 atom stereocenters. The van der Waals surface area contributed by atoms with Crippen molar-refractivity contribution in [2.45, 2.75) is 59.0 Å². The van der Waals surface area contributed by atoms with Crippen LogP contribution in [0.15, 0.2) is 18.2 Å². The van der Waals surface area contributed by atoms with Crippen molar-refractivity contribution in [3.05, 3.63) is 23.8 Å². The van der Waals surface area contributed by atoms with E-state index in [0.717, 1.165) is 36.3 Å². The van der Waals surface area contributed by atoms with Crippen LogP contribution in [0.1, 0.15) is 64.5 Å². The lowest BCUT2D eigenvalue weighted by Gasteiger charge is -2.33. The van der Waals surface area contributed by atoms with Crippen LogP contribution in [-0.4, -0.2) is 18.3 Å². The van der Waals surface area contributed by atoms with Crippen molar-refractivity contribution in [2.75, 3.05) is 13.2 Å². The van der Waals surface area contributed by atoms with Crippen molar-refractivity contribution in [3.63, 3.8) is 0 Å². The first-order chi connectivity index (χ1) is 10.2. The molecular formula is C18H28O3. The van der Waals surface area contributed by atoms with Crippen LogP contribution in [0.3, 0.4) is 0 Å².